The molecule has 1 aromatic heterocycles. The topological polar surface area (TPSA) is 92.2 Å². The van der Waals surface area contributed by atoms with Gasteiger partial charge in [-0.05, 0) is 60.9 Å². The first-order valence-electron chi connectivity index (χ1n) is 16.9. The fourth-order valence-electron chi connectivity index (χ4n) is 8.23. The van der Waals surface area contributed by atoms with Crippen molar-refractivity contribution >= 4 is 39.1 Å². The van der Waals surface area contributed by atoms with E-state index in [0.29, 0.717) is 68.2 Å². The molecular weight excluding hydrogens is 652 g/mol. The number of rotatable bonds is 7. The molecule has 0 radical (unpaired) electrons. The second-order valence-electron chi connectivity index (χ2n) is 14.5. The van der Waals surface area contributed by atoms with Crippen LogP contribution in [0.15, 0.2) is 30.3 Å². The molecule has 2 unspecified atom stereocenters. The summed E-state index contributed by atoms with van der Waals surface area (Å²) in [5.74, 6) is 1.47. The van der Waals surface area contributed by atoms with Crippen LogP contribution in [0.3, 0.4) is 0 Å². The molecule has 2 bridgehead atoms. The number of aromatic nitrogens is 2. The molecule has 49 heavy (non-hydrogen) atoms. The number of nitrogens with zero attached hydrogens (tertiary/aromatic N) is 4. The zero-order chi connectivity index (χ0) is 33.5. The maximum absolute atomic E-state index is 17.1. The number of piperazine rings is 1. The van der Waals surface area contributed by atoms with Gasteiger partial charge in [-0.2, -0.15) is 9.97 Å². The minimum absolute atomic E-state index is 0.0328. The first kappa shape index (κ1) is 31.2. The zero-order valence-electron chi connectivity index (χ0n) is 26.9. The highest BCUT2D eigenvalue weighted by Crippen LogP contribution is 2.48. The summed E-state index contributed by atoms with van der Waals surface area (Å²) in [7, 11) is 0. The molecule has 4 aliphatic heterocycles. The third-order valence-corrected chi connectivity index (χ3v) is 11.2. The summed E-state index contributed by atoms with van der Waals surface area (Å²) < 4.78 is 49.9. The molecule has 0 amide bonds. The normalized spacial score (nSPS) is 23.9. The number of ether oxygens (including phenoxy) is 3. The number of benzene rings is 3. The first-order valence-corrected chi connectivity index (χ1v) is 17.3. The Balaban J connectivity index is 1.12. The molecule has 4 saturated heterocycles. The van der Waals surface area contributed by atoms with Crippen LogP contribution in [-0.4, -0.2) is 96.8 Å². The quantitative estimate of drug-likeness (QED) is 0.252. The molecule has 1 saturated carbocycles. The summed E-state index contributed by atoms with van der Waals surface area (Å²) in [5, 5.41) is 15.5. The van der Waals surface area contributed by atoms with Crippen LogP contribution in [0.2, 0.25) is 5.02 Å². The predicted molar refractivity (Wildman–Crippen MR) is 182 cm³/mol. The van der Waals surface area contributed by atoms with Gasteiger partial charge in [0.25, 0.3) is 0 Å². The minimum Gasteiger partial charge on any atom is -0.508 e. The van der Waals surface area contributed by atoms with Gasteiger partial charge in [0.05, 0.1) is 37.0 Å². The Kier molecular flexibility index (Phi) is 7.41. The number of aromatic hydroxyl groups is 1. The lowest BCUT2D eigenvalue weighted by atomic mass is 9.93. The second-order valence-corrected chi connectivity index (χ2v) is 14.9. The molecule has 2 N–H and O–H groups in total. The minimum atomic E-state index is -0.726. The van der Waals surface area contributed by atoms with Crippen LogP contribution in [0.5, 0.6) is 11.8 Å². The number of nitrogens with one attached hydrogen (secondary N) is 1. The fraction of sp³-hybridized carbons (Fsp3) is 0.459. The highest BCUT2D eigenvalue weighted by Gasteiger charge is 2.49. The Morgan fingerprint density at radius 1 is 1.12 bits per heavy atom. The highest BCUT2D eigenvalue weighted by atomic mass is 35.5. The van der Waals surface area contributed by atoms with Crippen molar-refractivity contribution in [2.75, 3.05) is 64.1 Å². The van der Waals surface area contributed by atoms with Gasteiger partial charge in [-0.25, -0.2) is 8.78 Å². The Morgan fingerprint density at radius 2 is 1.92 bits per heavy atom. The average molecular weight is 688 g/mol. The highest BCUT2D eigenvalue weighted by molar-refractivity contribution is 6.35. The number of fused-ring (bicyclic) bond motifs is 4. The van der Waals surface area contributed by atoms with E-state index in [1.54, 1.807) is 6.07 Å². The van der Waals surface area contributed by atoms with Crippen molar-refractivity contribution in [2.45, 2.75) is 43.4 Å². The number of terminal acetylenes is 1. The Morgan fingerprint density at radius 3 is 2.63 bits per heavy atom. The third kappa shape index (κ3) is 5.45. The summed E-state index contributed by atoms with van der Waals surface area (Å²) in [6, 6.07) is 7.89. The van der Waals surface area contributed by atoms with E-state index in [1.807, 2.05) is 0 Å². The largest absolute Gasteiger partial charge is 0.508 e. The number of anilines is 1. The lowest BCUT2D eigenvalue weighted by Crippen LogP contribution is -2.63. The molecule has 1 aliphatic carbocycles. The van der Waals surface area contributed by atoms with Crippen molar-refractivity contribution in [1.29, 1.82) is 0 Å². The van der Waals surface area contributed by atoms with Gasteiger partial charge in [0.15, 0.2) is 5.82 Å². The van der Waals surface area contributed by atoms with Crippen LogP contribution in [0.1, 0.15) is 31.2 Å². The van der Waals surface area contributed by atoms with E-state index in [0.717, 1.165) is 45.3 Å². The number of hydrogen-bond acceptors (Lipinski definition) is 9. The molecule has 3 aromatic carbocycles. The molecule has 1 spiro atoms. The van der Waals surface area contributed by atoms with Crippen LogP contribution < -0.4 is 15.0 Å². The number of morpholine rings is 1. The van der Waals surface area contributed by atoms with Gasteiger partial charge in [-0.3, -0.25) is 4.90 Å². The average Bonchev–Trinajstić information content (AvgIpc) is 3.76. The molecule has 2 atom stereocenters. The van der Waals surface area contributed by atoms with Gasteiger partial charge in [-0.1, -0.05) is 23.6 Å². The molecule has 254 valence electrons. The third-order valence-electron chi connectivity index (χ3n) is 10.9. The van der Waals surface area contributed by atoms with Crippen LogP contribution in [0, 0.1) is 29.4 Å². The van der Waals surface area contributed by atoms with Crippen molar-refractivity contribution in [3.05, 3.63) is 52.6 Å². The van der Waals surface area contributed by atoms with Gasteiger partial charge in [0, 0.05) is 66.6 Å². The summed E-state index contributed by atoms with van der Waals surface area (Å²) in [4.78, 5) is 14.2. The number of hydrogen-bond donors (Lipinski definition) is 2. The van der Waals surface area contributed by atoms with Crippen LogP contribution in [0.4, 0.5) is 14.6 Å². The van der Waals surface area contributed by atoms with E-state index >= 15 is 4.39 Å². The zero-order valence-corrected chi connectivity index (χ0v) is 27.7. The van der Waals surface area contributed by atoms with Gasteiger partial charge in [0.2, 0.25) is 0 Å². The van der Waals surface area contributed by atoms with E-state index in [4.69, 9.17) is 37.2 Å². The molecule has 9 rings (SSSR count). The molecule has 9 nitrogen and oxygen atoms in total. The second kappa shape index (κ2) is 11.6. The van der Waals surface area contributed by atoms with Gasteiger partial charge in [0.1, 0.15) is 28.5 Å². The first-order chi connectivity index (χ1) is 23.7. The molecule has 5 fully saturated rings. The maximum Gasteiger partial charge on any atom is 0.319 e. The SMILES string of the molecule is C#Cc1c(F)ccc2cc(O)cc(-c3c(Cl)cc4c(N5CC6CCC(C5)N6)nc(OCC5(CN6CCOC7(COC7)C6)CC5)nc4c3F)c12. The smallest absolute Gasteiger partial charge is 0.319 e. The molecule has 4 aromatic rings. The summed E-state index contributed by atoms with van der Waals surface area (Å²) >= 11 is 6.90. The Labute approximate surface area is 287 Å². The summed E-state index contributed by atoms with van der Waals surface area (Å²) in [6.07, 6.45) is 9.88. The van der Waals surface area contributed by atoms with Crippen LogP contribution >= 0.6 is 11.6 Å². The van der Waals surface area contributed by atoms with Crippen LogP contribution in [-0.2, 0) is 9.47 Å². The molecule has 12 heteroatoms. The number of halogens is 3. The Bertz CT molecular complexity index is 2040. The monoisotopic (exact) mass is 687 g/mol. The standard InChI is InChI=1S/C37H36ClF2N5O4/c1-2-25-29(39)6-3-21-11-24(46)12-26(30(21)25)31-28(38)13-27-33(32(31)40)42-35(43-34(27)45-14-22-4-5-23(15-45)41-22)48-18-36(7-8-36)16-44-9-10-49-37(17-44)19-47-20-37/h1,3,6,11-13,22-23,41,46H,4-5,7-10,14-20H2. The van der Waals surface area contributed by atoms with Gasteiger partial charge in [-0.15, -0.1) is 6.42 Å². The number of phenols is 1. The lowest BCUT2D eigenvalue weighted by molar-refractivity contribution is -0.238. The summed E-state index contributed by atoms with van der Waals surface area (Å²) in [5.41, 5.74) is -0.115. The van der Waals surface area contributed by atoms with E-state index in [2.05, 4.69) is 26.0 Å². The van der Waals surface area contributed by atoms with Crippen molar-refractivity contribution in [3.8, 4) is 35.2 Å². The number of phenolic OH excluding ortho intramolecular Hbond substituents is 1. The molecule has 5 heterocycles. The van der Waals surface area contributed by atoms with Crippen LogP contribution in [0.25, 0.3) is 32.8 Å². The predicted octanol–water partition coefficient (Wildman–Crippen LogP) is 5.27. The van der Waals surface area contributed by atoms with Crippen molar-refractivity contribution in [2.24, 2.45) is 5.41 Å². The van der Waals surface area contributed by atoms with Crippen molar-refractivity contribution < 1.29 is 28.1 Å². The van der Waals surface area contributed by atoms with Gasteiger partial charge < -0.3 is 29.5 Å². The molecular formula is C37H36ClF2N5O4. The fourth-order valence-corrected chi connectivity index (χ4v) is 8.52. The van der Waals surface area contributed by atoms with E-state index < -0.39 is 11.6 Å². The lowest BCUT2D eigenvalue weighted by Gasteiger charge is -2.48. The maximum atomic E-state index is 17.1. The van der Waals surface area contributed by atoms with E-state index in [9.17, 15) is 9.50 Å². The van der Waals surface area contributed by atoms with E-state index in [1.165, 1.54) is 24.3 Å². The summed E-state index contributed by atoms with van der Waals surface area (Å²) in [6.45, 7) is 6.30. The van der Waals surface area contributed by atoms with Crippen molar-refractivity contribution in [1.82, 2.24) is 20.2 Å². The molecule has 5 aliphatic rings. The van der Waals surface area contributed by atoms with Gasteiger partial charge >= 0.3 is 6.01 Å². The Hall–Kier alpha value is -3.79. The van der Waals surface area contributed by atoms with Crippen molar-refractivity contribution in [3.63, 3.8) is 0 Å². The van der Waals surface area contributed by atoms with E-state index in [-0.39, 0.29) is 55.4 Å².